The predicted octanol–water partition coefficient (Wildman–Crippen LogP) is 6.16. The normalized spacial score (nSPS) is 12.4. The first kappa shape index (κ1) is 17.1. The molecule has 0 aliphatic carbocycles. The van der Waals surface area contributed by atoms with Crippen LogP contribution in [0, 0.1) is 0 Å². The zero-order chi connectivity index (χ0) is 17.7. The number of rotatable bonds is 1. The Balaban J connectivity index is 1.91. The number of thiophene rings is 1. The van der Waals surface area contributed by atoms with Gasteiger partial charge in [-0.3, -0.25) is 4.79 Å². The van der Waals surface area contributed by atoms with Crippen LogP contribution in [0.2, 0.25) is 15.1 Å². The molecule has 0 atom stereocenters. The van der Waals surface area contributed by atoms with E-state index in [0.717, 1.165) is 20.3 Å². The van der Waals surface area contributed by atoms with Gasteiger partial charge in [-0.2, -0.15) is 4.99 Å². The van der Waals surface area contributed by atoms with Gasteiger partial charge in [0.25, 0.3) is 5.91 Å². The molecule has 0 radical (unpaired) electrons. The van der Waals surface area contributed by atoms with Crippen molar-refractivity contribution in [1.29, 1.82) is 0 Å². The fourth-order valence-electron chi connectivity index (χ4n) is 2.57. The molecule has 8 heteroatoms. The lowest BCUT2D eigenvalue weighted by Crippen LogP contribution is -2.13. The van der Waals surface area contributed by atoms with E-state index in [9.17, 15) is 4.79 Å². The van der Waals surface area contributed by atoms with Crippen LogP contribution in [0.15, 0.2) is 41.4 Å². The maximum atomic E-state index is 12.7. The van der Waals surface area contributed by atoms with Gasteiger partial charge in [-0.25, -0.2) is 0 Å². The molecule has 4 rings (SSSR count). The Morgan fingerprint density at radius 2 is 1.76 bits per heavy atom. The summed E-state index contributed by atoms with van der Waals surface area (Å²) in [6, 6.07) is 11.1. The molecule has 2 aromatic heterocycles. The zero-order valence-electron chi connectivity index (χ0n) is 12.7. The highest BCUT2D eigenvalue weighted by atomic mass is 35.5. The van der Waals surface area contributed by atoms with Crippen LogP contribution < -0.4 is 4.80 Å². The first-order chi connectivity index (χ1) is 12.0. The molecule has 0 aliphatic heterocycles. The van der Waals surface area contributed by atoms with Gasteiger partial charge in [0.15, 0.2) is 4.80 Å². The molecular weight excluding hydrogens is 419 g/mol. The van der Waals surface area contributed by atoms with Gasteiger partial charge >= 0.3 is 0 Å². The van der Waals surface area contributed by atoms with E-state index in [1.165, 1.54) is 22.7 Å². The van der Waals surface area contributed by atoms with Gasteiger partial charge in [0.1, 0.15) is 4.88 Å². The first-order valence-corrected chi connectivity index (χ1v) is 9.93. The molecule has 0 unspecified atom stereocenters. The average Bonchev–Trinajstić information content (AvgIpc) is 3.11. The molecule has 25 heavy (non-hydrogen) atoms. The van der Waals surface area contributed by atoms with E-state index in [1.807, 2.05) is 24.3 Å². The van der Waals surface area contributed by atoms with Gasteiger partial charge in [-0.1, -0.05) is 64.3 Å². The van der Waals surface area contributed by atoms with Gasteiger partial charge in [-0.15, -0.1) is 11.3 Å². The van der Waals surface area contributed by atoms with E-state index in [-0.39, 0.29) is 5.91 Å². The fraction of sp³-hybridized carbons (Fsp3) is 0.0588. The third kappa shape index (κ3) is 2.80. The number of amides is 1. The molecule has 2 heterocycles. The summed E-state index contributed by atoms with van der Waals surface area (Å²) in [6.07, 6.45) is 0. The number of halogens is 3. The van der Waals surface area contributed by atoms with Crippen molar-refractivity contribution in [2.45, 2.75) is 0 Å². The van der Waals surface area contributed by atoms with Crippen LogP contribution in [0.4, 0.5) is 0 Å². The van der Waals surface area contributed by atoms with Crippen molar-refractivity contribution in [3.63, 3.8) is 0 Å². The maximum Gasteiger partial charge on any atom is 0.291 e. The standard InChI is InChI=1S/C17H9Cl3N2OS2/c1-22-13-9(18)6-7-10(19)14(13)25-17(22)21-16(23)15-12(20)8-4-2-3-5-11(8)24-15/h2-7H,1H3. The molecule has 2 aromatic carbocycles. The Morgan fingerprint density at radius 1 is 1.04 bits per heavy atom. The highest BCUT2D eigenvalue weighted by Gasteiger charge is 2.17. The second-order valence-corrected chi connectivity index (χ2v) is 8.53. The molecule has 0 bridgehead atoms. The summed E-state index contributed by atoms with van der Waals surface area (Å²) in [6.45, 7) is 0. The number of carbonyl (C=O) groups is 1. The summed E-state index contributed by atoms with van der Waals surface area (Å²) in [4.78, 5) is 17.9. The Bertz CT molecular complexity index is 1220. The molecule has 1 amide bonds. The minimum absolute atomic E-state index is 0.374. The van der Waals surface area contributed by atoms with E-state index < -0.39 is 0 Å². The van der Waals surface area contributed by atoms with Crippen LogP contribution in [0.25, 0.3) is 20.3 Å². The SMILES string of the molecule is Cn1c(=NC(=O)c2sc3ccccc3c2Cl)sc2c(Cl)ccc(Cl)c21. The number of aromatic nitrogens is 1. The van der Waals surface area contributed by atoms with Gasteiger partial charge < -0.3 is 4.57 Å². The third-order valence-corrected chi connectivity index (χ3v) is 7.34. The Hall–Kier alpha value is -1.37. The lowest BCUT2D eigenvalue weighted by Gasteiger charge is -1.99. The number of nitrogens with zero attached hydrogens (tertiary/aromatic N) is 2. The number of hydrogen-bond acceptors (Lipinski definition) is 3. The topological polar surface area (TPSA) is 34.4 Å². The minimum atomic E-state index is -0.374. The quantitative estimate of drug-likeness (QED) is 0.358. The van der Waals surface area contributed by atoms with Gasteiger partial charge in [0, 0.05) is 17.1 Å². The van der Waals surface area contributed by atoms with E-state index in [2.05, 4.69) is 4.99 Å². The molecule has 0 N–H and O–H groups in total. The van der Waals surface area contributed by atoms with Gasteiger partial charge in [-0.05, 0) is 18.2 Å². The van der Waals surface area contributed by atoms with E-state index in [4.69, 9.17) is 34.8 Å². The Morgan fingerprint density at radius 3 is 2.48 bits per heavy atom. The van der Waals surface area contributed by atoms with Crippen LogP contribution in [-0.4, -0.2) is 10.5 Å². The monoisotopic (exact) mass is 426 g/mol. The number of thiazole rings is 1. The average molecular weight is 428 g/mol. The molecule has 126 valence electrons. The lowest BCUT2D eigenvalue weighted by atomic mass is 10.2. The van der Waals surface area contributed by atoms with Crippen LogP contribution in [-0.2, 0) is 7.05 Å². The molecule has 0 fully saturated rings. The number of aryl methyl sites for hydroxylation is 1. The molecule has 0 saturated carbocycles. The molecule has 4 aromatic rings. The van der Waals surface area contributed by atoms with E-state index in [1.54, 1.807) is 23.7 Å². The van der Waals surface area contributed by atoms with E-state index >= 15 is 0 Å². The predicted molar refractivity (Wildman–Crippen MR) is 108 cm³/mol. The van der Waals surface area contributed by atoms with Crippen molar-refractivity contribution in [3.05, 3.63) is 61.1 Å². The van der Waals surface area contributed by atoms with Crippen molar-refractivity contribution in [3.8, 4) is 0 Å². The largest absolute Gasteiger partial charge is 0.318 e. The number of fused-ring (bicyclic) bond motifs is 2. The molecule has 3 nitrogen and oxygen atoms in total. The maximum absolute atomic E-state index is 12.7. The van der Waals surface area contributed by atoms with Gasteiger partial charge in [0.05, 0.1) is 25.3 Å². The second-order valence-electron chi connectivity index (χ2n) is 5.31. The third-order valence-electron chi connectivity index (χ3n) is 3.78. The number of benzene rings is 2. The first-order valence-electron chi connectivity index (χ1n) is 7.17. The molecule has 0 aliphatic rings. The van der Waals surface area contributed by atoms with Crippen molar-refractivity contribution in [1.82, 2.24) is 4.57 Å². The fourth-order valence-corrected chi connectivity index (χ4v) is 5.63. The highest BCUT2D eigenvalue weighted by molar-refractivity contribution is 7.21. The summed E-state index contributed by atoms with van der Waals surface area (Å²) in [5, 5.41) is 2.44. The van der Waals surface area contributed by atoms with Crippen molar-refractivity contribution >= 4 is 83.7 Å². The highest BCUT2D eigenvalue weighted by Crippen LogP contribution is 2.36. The number of hydrogen-bond donors (Lipinski definition) is 0. The van der Waals surface area contributed by atoms with Crippen molar-refractivity contribution in [2.75, 3.05) is 0 Å². The second kappa shape index (κ2) is 6.41. The van der Waals surface area contributed by atoms with Crippen LogP contribution in [0.3, 0.4) is 0 Å². The van der Waals surface area contributed by atoms with Gasteiger partial charge in [0.2, 0.25) is 0 Å². The Kier molecular flexibility index (Phi) is 4.38. The molecule has 0 saturated heterocycles. The molecular formula is C17H9Cl3N2OS2. The van der Waals surface area contributed by atoms with Crippen LogP contribution in [0.5, 0.6) is 0 Å². The smallest absolute Gasteiger partial charge is 0.291 e. The van der Waals surface area contributed by atoms with Crippen LogP contribution in [0.1, 0.15) is 9.67 Å². The Labute approximate surface area is 165 Å². The summed E-state index contributed by atoms with van der Waals surface area (Å²) in [5.41, 5.74) is 0.758. The van der Waals surface area contributed by atoms with Crippen LogP contribution >= 0.6 is 57.5 Å². The summed E-state index contributed by atoms with van der Waals surface area (Å²) >= 11 is 21.5. The summed E-state index contributed by atoms with van der Waals surface area (Å²) in [7, 11) is 1.81. The van der Waals surface area contributed by atoms with Crippen molar-refractivity contribution < 1.29 is 4.79 Å². The summed E-state index contributed by atoms with van der Waals surface area (Å²) < 4.78 is 3.52. The lowest BCUT2D eigenvalue weighted by molar-refractivity contribution is 0.100. The zero-order valence-corrected chi connectivity index (χ0v) is 16.6. The van der Waals surface area contributed by atoms with E-state index in [0.29, 0.717) is 24.7 Å². The minimum Gasteiger partial charge on any atom is -0.318 e. The molecule has 0 spiro atoms. The summed E-state index contributed by atoms with van der Waals surface area (Å²) in [5.74, 6) is -0.374. The number of carbonyl (C=O) groups excluding carboxylic acids is 1. The van der Waals surface area contributed by atoms with Crippen molar-refractivity contribution in [2.24, 2.45) is 12.0 Å².